The van der Waals surface area contributed by atoms with Gasteiger partial charge in [0.25, 0.3) is 5.56 Å². The number of nitrogens with zero attached hydrogens (tertiary/aromatic N) is 2. The highest BCUT2D eigenvalue weighted by Crippen LogP contribution is 2.14. The quantitative estimate of drug-likeness (QED) is 0.619. The molecule has 0 saturated heterocycles. The minimum Gasteiger partial charge on any atom is -0.281 e. The summed E-state index contributed by atoms with van der Waals surface area (Å²) in [4.78, 5) is 24.3. The second-order valence-corrected chi connectivity index (χ2v) is 4.55. The first-order valence-corrected chi connectivity index (χ1v) is 6.30. The first kappa shape index (κ1) is 12.4. The number of aromatic nitrogens is 2. The highest BCUT2D eigenvalue weighted by atomic mass is 32.1. The smallest absolute Gasteiger partial charge is 0.281 e. The molecule has 0 aliphatic rings. The van der Waals surface area contributed by atoms with E-state index in [4.69, 9.17) is 0 Å². The minimum atomic E-state index is -0.339. The average Bonchev–Trinajstić information content (AvgIpc) is 2.84. The van der Waals surface area contributed by atoms with Gasteiger partial charge >= 0.3 is 5.69 Å². The summed E-state index contributed by atoms with van der Waals surface area (Å²) in [5, 5.41) is 1.81. The van der Waals surface area contributed by atoms with E-state index in [2.05, 4.69) is 18.4 Å². The Hall–Kier alpha value is -2.06. The lowest BCUT2D eigenvalue weighted by Crippen LogP contribution is -2.39. The molecule has 2 heterocycles. The molecule has 0 bridgehead atoms. The van der Waals surface area contributed by atoms with Gasteiger partial charge in [-0.25, -0.2) is 4.79 Å². The van der Waals surface area contributed by atoms with Crippen molar-refractivity contribution >= 4 is 21.6 Å². The summed E-state index contributed by atoms with van der Waals surface area (Å²) in [5.74, 6) is 5.61. The maximum absolute atomic E-state index is 12.2. The Kier molecular flexibility index (Phi) is 3.49. The summed E-state index contributed by atoms with van der Waals surface area (Å²) >= 11 is 1.33. The van der Waals surface area contributed by atoms with Gasteiger partial charge in [0.15, 0.2) is 0 Å². The zero-order valence-electron chi connectivity index (χ0n) is 9.97. The summed E-state index contributed by atoms with van der Waals surface area (Å²) in [6, 6.07) is 1.78. The second-order valence-electron chi connectivity index (χ2n) is 3.63. The van der Waals surface area contributed by atoms with Crippen molar-refractivity contribution in [3.63, 3.8) is 0 Å². The normalized spacial score (nSPS) is 10.1. The maximum atomic E-state index is 12.2. The lowest BCUT2D eigenvalue weighted by atomic mass is 10.4. The molecule has 0 atom stereocenters. The number of fused-ring (bicyclic) bond motifs is 1. The Bertz CT molecular complexity index is 768. The van der Waals surface area contributed by atoms with Crippen LogP contribution in [-0.4, -0.2) is 9.13 Å². The van der Waals surface area contributed by atoms with E-state index in [-0.39, 0.29) is 17.8 Å². The van der Waals surface area contributed by atoms with Crippen molar-refractivity contribution < 1.29 is 0 Å². The Labute approximate surface area is 108 Å². The molecule has 2 aromatic heterocycles. The first-order chi connectivity index (χ1) is 8.70. The van der Waals surface area contributed by atoms with Gasteiger partial charge < -0.3 is 0 Å². The molecule has 4 nitrogen and oxygen atoms in total. The van der Waals surface area contributed by atoms with Gasteiger partial charge in [-0.1, -0.05) is 12.0 Å². The topological polar surface area (TPSA) is 44.0 Å². The maximum Gasteiger partial charge on any atom is 0.332 e. The van der Waals surface area contributed by atoms with Crippen LogP contribution < -0.4 is 11.2 Å². The molecule has 0 radical (unpaired) electrons. The fourth-order valence-corrected chi connectivity index (χ4v) is 2.58. The SMILES string of the molecule is C=CCn1c(=O)c2sccc2n(CC#CC)c1=O. The van der Waals surface area contributed by atoms with Crippen LogP contribution in [0.3, 0.4) is 0 Å². The van der Waals surface area contributed by atoms with Crippen molar-refractivity contribution in [2.75, 3.05) is 0 Å². The molecule has 92 valence electrons. The van der Waals surface area contributed by atoms with Crippen LogP contribution in [0.5, 0.6) is 0 Å². The van der Waals surface area contributed by atoms with E-state index < -0.39 is 0 Å². The lowest BCUT2D eigenvalue weighted by molar-refractivity contribution is 0.656. The van der Waals surface area contributed by atoms with Crippen LogP contribution in [-0.2, 0) is 13.1 Å². The molecule has 0 aromatic carbocycles. The van der Waals surface area contributed by atoms with Gasteiger partial charge in [-0.2, -0.15) is 0 Å². The number of rotatable bonds is 3. The van der Waals surface area contributed by atoms with E-state index in [1.165, 1.54) is 26.5 Å². The minimum absolute atomic E-state index is 0.213. The van der Waals surface area contributed by atoms with Gasteiger partial charge in [0.2, 0.25) is 0 Å². The van der Waals surface area contributed by atoms with Crippen molar-refractivity contribution in [2.24, 2.45) is 0 Å². The summed E-state index contributed by atoms with van der Waals surface area (Å²) < 4.78 is 3.28. The van der Waals surface area contributed by atoms with Crippen LogP contribution in [0.2, 0.25) is 0 Å². The Morgan fingerprint density at radius 2 is 2.22 bits per heavy atom. The molecule has 0 unspecified atom stereocenters. The predicted molar refractivity (Wildman–Crippen MR) is 74.0 cm³/mol. The third kappa shape index (κ3) is 1.91. The van der Waals surface area contributed by atoms with Crippen LogP contribution in [0.4, 0.5) is 0 Å². The third-order valence-electron chi connectivity index (χ3n) is 2.56. The van der Waals surface area contributed by atoms with E-state index in [9.17, 15) is 9.59 Å². The van der Waals surface area contributed by atoms with Crippen molar-refractivity contribution in [1.29, 1.82) is 0 Å². The van der Waals surface area contributed by atoms with Crippen LogP contribution >= 0.6 is 11.3 Å². The Balaban J connectivity index is 2.85. The third-order valence-corrected chi connectivity index (χ3v) is 3.45. The Morgan fingerprint density at radius 3 is 2.89 bits per heavy atom. The first-order valence-electron chi connectivity index (χ1n) is 5.42. The molecule has 0 amide bonds. The van der Waals surface area contributed by atoms with Gasteiger partial charge in [0.1, 0.15) is 4.70 Å². The van der Waals surface area contributed by atoms with Crippen molar-refractivity contribution in [2.45, 2.75) is 20.0 Å². The molecule has 2 rings (SSSR count). The van der Waals surface area contributed by atoms with Crippen molar-refractivity contribution in [3.05, 3.63) is 44.9 Å². The highest BCUT2D eigenvalue weighted by Gasteiger charge is 2.12. The number of hydrogen-bond donors (Lipinski definition) is 0. The van der Waals surface area contributed by atoms with Crippen LogP contribution in [0.15, 0.2) is 33.7 Å². The number of hydrogen-bond acceptors (Lipinski definition) is 3. The van der Waals surface area contributed by atoms with Crippen molar-refractivity contribution in [3.8, 4) is 11.8 Å². The van der Waals surface area contributed by atoms with E-state index >= 15 is 0 Å². The van der Waals surface area contributed by atoms with Gasteiger partial charge in [-0.3, -0.25) is 13.9 Å². The molecule has 2 aromatic rings. The molecule has 5 heteroatoms. The van der Waals surface area contributed by atoms with Crippen LogP contribution in [0.25, 0.3) is 10.2 Å². The van der Waals surface area contributed by atoms with E-state index in [0.717, 1.165) is 0 Å². The molecule has 0 saturated carbocycles. The molecule has 0 N–H and O–H groups in total. The molecule has 0 aliphatic heterocycles. The molecule has 0 aliphatic carbocycles. The van der Waals surface area contributed by atoms with Gasteiger partial charge in [-0.15, -0.1) is 23.8 Å². The zero-order chi connectivity index (χ0) is 13.1. The molecule has 0 fully saturated rings. The van der Waals surface area contributed by atoms with E-state index in [1.807, 2.05) is 0 Å². The summed E-state index contributed by atoms with van der Waals surface area (Å²) in [6.45, 7) is 5.79. The van der Waals surface area contributed by atoms with Gasteiger partial charge in [0, 0.05) is 6.54 Å². The average molecular weight is 260 g/mol. The predicted octanol–water partition coefficient (Wildman–Crippen LogP) is 1.43. The van der Waals surface area contributed by atoms with Crippen LogP contribution in [0, 0.1) is 11.8 Å². The van der Waals surface area contributed by atoms with Gasteiger partial charge in [0.05, 0.1) is 12.1 Å². The zero-order valence-corrected chi connectivity index (χ0v) is 10.8. The second kappa shape index (κ2) is 5.07. The Morgan fingerprint density at radius 1 is 1.44 bits per heavy atom. The standard InChI is InChI=1S/C13H12N2O2S/c1-3-5-8-14-10-6-9-18-11(10)12(16)15(7-4-2)13(14)17/h4,6,9H,2,7-8H2,1H3. The lowest BCUT2D eigenvalue weighted by Gasteiger charge is -2.07. The van der Waals surface area contributed by atoms with E-state index in [1.54, 1.807) is 18.4 Å². The van der Waals surface area contributed by atoms with Gasteiger partial charge in [-0.05, 0) is 18.4 Å². The van der Waals surface area contributed by atoms with E-state index in [0.29, 0.717) is 16.8 Å². The summed E-state index contributed by atoms with van der Waals surface area (Å²) in [6.07, 6.45) is 1.54. The summed E-state index contributed by atoms with van der Waals surface area (Å²) in [7, 11) is 0. The fourth-order valence-electron chi connectivity index (χ4n) is 1.73. The molecule has 0 spiro atoms. The largest absolute Gasteiger partial charge is 0.332 e. The molecular weight excluding hydrogens is 248 g/mol. The van der Waals surface area contributed by atoms with Crippen molar-refractivity contribution in [1.82, 2.24) is 9.13 Å². The van der Waals surface area contributed by atoms with Crippen LogP contribution in [0.1, 0.15) is 6.92 Å². The molecule has 18 heavy (non-hydrogen) atoms. The fraction of sp³-hybridized carbons (Fsp3) is 0.231. The summed E-state index contributed by atoms with van der Waals surface area (Å²) in [5.41, 5.74) is 0.0530. The number of allylic oxidation sites excluding steroid dienone is 1. The molecular formula is C13H12N2O2S. The highest BCUT2D eigenvalue weighted by molar-refractivity contribution is 7.17. The number of thiophene rings is 1. The monoisotopic (exact) mass is 260 g/mol.